The fourth-order valence-electron chi connectivity index (χ4n) is 3.22. The monoisotopic (exact) mass is 324 g/mol. The summed E-state index contributed by atoms with van der Waals surface area (Å²) in [4.78, 5) is 2.31. The second kappa shape index (κ2) is 5.79. The van der Waals surface area contributed by atoms with Crippen LogP contribution in [0.25, 0.3) is 11.3 Å². The second-order valence-electron chi connectivity index (χ2n) is 6.36. The summed E-state index contributed by atoms with van der Waals surface area (Å²) >= 11 is 0. The molecule has 3 aromatic rings. The van der Waals surface area contributed by atoms with Crippen LogP contribution in [0.4, 0.5) is 0 Å². The molecule has 1 aliphatic heterocycles. The van der Waals surface area contributed by atoms with Crippen LogP contribution in [0, 0.1) is 6.92 Å². The Kier molecular flexibility index (Phi) is 3.61. The zero-order valence-electron chi connectivity index (χ0n) is 13.9. The molecule has 0 spiro atoms. The fourth-order valence-corrected chi connectivity index (χ4v) is 3.22. The molecule has 0 radical (unpaired) electrons. The summed E-state index contributed by atoms with van der Waals surface area (Å²) in [6.45, 7) is 4.51. The predicted octanol–water partition coefficient (Wildman–Crippen LogP) is 2.65. The highest BCUT2D eigenvalue weighted by molar-refractivity contribution is 5.60. The zero-order chi connectivity index (χ0) is 16.7. The lowest BCUT2D eigenvalue weighted by Gasteiger charge is -2.27. The van der Waals surface area contributed by atoms with Gasteiger partial charge in [-0.25, -0.2) is 0 Å². The summed E-state index contributed by atoms with van der Waals surface area (Å²) in [6, 6.07) is 7.61. The van der Waals surface area contributed by atoms with Crippen molar-refractivity contribution in [2.24, 2.45) is 7.05 Å². The van der Waals surface area contributed by atoms with Crippen LogP contribution in [0.15, 0.2) is 35.0 Å². The maximum atomic E-state index is 9.67. The first-order valence-electron chi connectivity index (χ1n) is 8.08. The van der Waals surface area contributed by atoms with Gasteiger partial charge in [-0.05, 0) is 36.6 Å². The van der Waals surface area contributed by atoms with Gasteiger partial charge in [-0.1, -0.05) is 11.2 Å². The number of phenols is 1. The van der Waals surface area contributed by atoms with E-state index in [-0.39, 0.29) is 0 Å². The first-order valence-corrected chi connectivity index (χ1v) is 8.08. The van der Waals surface area contributed by atoms with Crippen LogP contribution in [0.5, 0.6) is 5.75 Å². The number of aromatic nitrogens is 3. The molecule has 0 saturated carbocycles. The first-order chi connectivity index (χ1) is 11.6. The van der Waals surface area contributed by atoms with E-state index < -0.39 is 0 Å². The van der Waals surface area contributed by atoms with E-state index in [4.69, 9.17) is 4.52 Å². The summed E-state index contributed by atoms with van der Waals surface area (Å²) in [7, 11) is 1.92. The lowest BCUT2D eigenvalue weighted by Crippen LogP contribution is -2.29. The Morgan fingerprint density at radius 3 is 2.92 bits per heavy atom. The molecule has 2 aromatic heterocycles. The van der Waals surface area contributed by atoms with E-state index in [0.29, 0.717) is 12.3 Å². The Morgan fingerprint density at radius 2 is 2.12 bits per heavy atom. The van der Waals surface area contributed by atoms with Gasteiger partial charge < -0.3 is 9.63 Å². The van der Waals surface area contributed by atoms with Gasteiger partial charge in [0.25, 0.3) is 0 Å². The number of aryl methyl sites for hydroxylation is 1. The minimum absolute atomic E-state index is 0.324. The molecule has 0 aliphatic carbocycles. The summed E-state index contributed by atoms with van der Waals surface area (Å²) in [5.41, 5.74) is 5.39. The summed E-state index contributed by atoms with van der Waals surface area (Å²) in [5, 5.41) is 18.1. The van der Waals surface area contributed by atoms with Crippen LogP contribution in [-0.2, 0) is 26.6 Å². The number of hydrogen-bond donors (Lipinski definition) is 1. The van der Waals surface area contributed by atoms with Crippen molar-refractivity contribution in [3.8, 4) is 17.0 Å². The molecule has 24 heavy (non-hydrogen) atoms. The number of benzene rings is 1. The number of hydrogen-bond acceptors (Lipinski definition) is 5. The third kappa shape index (κ3) is 2.69. The van der Waals surface area contributed by atoms with Crippen molar-refractivity contribution in [3.63, 3.8) is 0 Å². The van der Waals surface area contributed by atoms with E-state index in [1.54, 1.807) is 6.07 Å². The number of phenolic OH excluding ortho intramolecular Hbond substituents is 1. The van der Waals surface area contributed by atoms with Crippen LogP contribution in [0.3, 0.4) is 0 Å². The molecule has 0 fully saturated rings. The van der Waals surface area contributed by atoms with E-state index >= 15 is 0 Å². The van der Waals surface area contributed by atoms with Gasteiger partial charge in [-0.3, -0.25) is 9.58 Å². The highest BCUT2D eigenvalue weighted by atomic mass is 16.5. The van der Waals surface area contributed by atoms with Crippen molar-refractivity contribution in [2.75, 3.05) is 6.54 Å². The van der Waals surface area contributed by atoms with Crippen molar-refractivity contribution >= 4 is 0 Å². The van der Waals surface area contributed by atoms with E-state index in [1.807, 2.05) is 43.0 Å². The SMILES string of the molecule is Cc1c(-c2cc(CN3CCc4ccc(O)cc4C3)on2)cnn1C. The Bertz CT molecular complexity index is 881. The Balaban J connectivity index is 1.50. The Labute approximate surface area is 140 Å². The minimum Gasteiger partial charge on any atom is -0.508 e. The third-order valence-electron chi connectivity index (χ3n) is 4.73. The highest BCUT2D eigenvalue weighted by Crippen LogP contribution is 2.26. The van der Waals surface area contributed by atoms with Crippen LogP contribution in [0.1, 0.15) is 22.6 Å². The van der Waals surface area contributed by atoms with Gasteiger partial charge in [-0.2, -0.15) is 5.10 Å². The molecular formula is C18H20N4O2. The van der Waals surface area contributed by atoms with E-state index in [9.17, 15) is 5.11 Å². The Hall–Kier alpha value is -2.60. The second-order valence-corrected chi connectivity index (χ2v) is 6.36. The summed E-state index contributed by atoms with van der Waals surface area (Å²) < 4.78 is 7.35. The number of aromatic hydroxyl groups is 1. The molecule has 1 N–H and O–H groups in total. The van der Waals surface area contributed by atoms with Gasteiger partial charge >= 0.3 is 0 Å². The largest absolute Gasteiger partial charge is 0.508 e. The average Bonchev–Trinajstić information content (AvgIpc) is 3.14. The normalized spacial score (nSPS) is 14.8. The molecule has 0 saturated heterocycles. The molecule has 0 unspecified atom stereocenters. The van der Waals surface area contributed by atoms with Crippen LogP contribution in [0.2, 0.25) is 0 Å². The molecule has 6 heteroatoms. The van der Waals surface area contributed by atoms with Crippen molar-refractivity contribution in [1.82, 2.24) is 19.8 Å². The smallest absolute Gasteiger partial charge is 0.151 e. The molecular weight excluding hydrogens is 304 g/mol. The predicted molar refractivity (Wildman–Crippen MR) is 89.4 cm³/mol. The molecule has 0 atom stereocenters. The molecule has 1 aromatic carbocycles. The van der Waals surface area contributed by atoms with E-state index in [1.165, 1.54) is 11.1 Å². The summed E-state index contributed by atoms with van der Waals surface area (Å²) in [5.74, 6) is 1.17. The molecule has 0 bridgehead atoms. The van der Waals surface area contributed by atoms with Gasteiger partial charge in [-0.15, -0.1) is 0 Å². The van der Waals surface area contributed by atoms with Gasteiger partial charge in [0.05, 0.1) is 12.7 Å². The number of nitrogens with zero attached hydrogens (tertiary/aromatic N) is 4. The lowest BCUT2D eigenvalue weighted by molar-refractivity contribution is 0.215. The first kappa shape index (κ1) is 15.0. The maximum absolute atomic E-state index is 9.67. The van der Waals surface area contributed by atoms with Crippen molar-refractivity contribution in [2.45, 2.75) is 26.4 Å². The average molecular weight is 324 g/mol. The van der Waals surface area contributed by atoms with Crippen molar-refractivity contribution in [1.29, 1.82) is 0 Å². The van der Waals surface area contributed by atoms with Crippen LogP contribution >= 0.6 is 0 Å². The molecule has 1 aliphatic rings. The molecule has 3 heterocycles. The number of rotatable bonds is 3. The molecule has 0 amide bonds. The third-order valence-corrected chi connectivity index (χ3v) is 4.73. The topological polar surface area (TPSA) is 67.3 Å². The van der Waals surface area contributed by atoms with Crippen LogP contribution < -0.4 is 0 Å². The van der Waals surface area contributed by atoms with E-state index in [2.05, 4.69) is 15.2 Å². The number of fused-ring (bicyclic) bond motifs is 1. The molecule has 124 valence electrons. The maximum Gasteiger partial charge on any atom is 0.151 e. The van der Waals surface area contributed by atoms with Crippen molar-refractivity contribution in [3.05, 3.63) is 53.0 Å². The van der Waals surface area contributed by atoms with Gasteiger partial charge in [0.15, 0.2) is 5.76 Å². The Morgan fingerprint density at radius 1 is 1.25 bits per heavy atom. The van der Waals surface area contributed by atoms with Crippen LogP contribution in [-0.4, -0.2) is 31.5 Å². The zero-order valence-corrected chi connectivity index (χ0v) is 13.9. The van der Waals surface area contributed by atoms with E-state index in [0.717, 1.165) is 42.2 Å². The minimum atomic E-state index is 0.324. The molecule has 4 rings (SSSR count). The van der Waals surface area contributed by atoms with Gasteiger partial charge in [0.1, 0.15) is 11.4 Å². The quantitative estimate of drug-likeness (QED) is 0.802. The highest BCUT2D eigenvalue weighted by Gasteiger charge is 2.19. The standard InChI is InChI=1S/C18H20N4O2/c1-12-17(9-19-21(12)2)18-8-16(24-20-18)11-22-6-5-13-3-4-15(23)7-14(13)10-22/h3-4,7-9,23H,5-6,10-11H2,1-2H3. The van der Waals surface area contributed by atoms with Gasteiger partial charge in [0, 0.05) is 37.5 Å². The van der Waals surface area contributed by atoms with Gasteiger partial charge in [0.2, 0.25) is 0 Å². The lowest BCUT2D eigenvalue weighted by atomic mass is 9.99. The summed E-state index contributed by atoms with van der Waals surface area (Å²) in [6.07, 6.45) is 2.80. The fraction of sp³-hybridized carbons (Fsp3) is 0.333. The molecule has 6 nitrogen and oxygen atoms in total. The van der Waals surface area contributed by atoms with Crippen molar-refractivity contribution < 1.29 is 9.63 Å².